The van der Waals surface area contributed by atoms with Gasteiger partial charge in [-0.2, -0.15) is 0 Å². The second kappa shape index (κ2) is 7.73. The molecule has 102 valence electrons. The van der Waals surface area contributed by atoms with Crippen LogP contribution in [0, 0.1) is 0 Å². The van der Waals surface area contributed by atoms with Gasteiger partial charge in [-0.15, -0.1) is 23.7 Å². The second-order valence-electron chi connectivity index (χ2n) is 3.64. The van der Waals surface area contributed by atoms with Gasteiger partial charge in [-0.05, 0) is 5.56 Å². The van der Waals surface area contributed by atoms with Crippen LogP contribution in [0.15, 0.2) is 35.7 Å². The smallest absolute Gasteiger partial charge is 0.321 e. The van der Waals surface area contributed by atoms with E-state index < -0.39 is 0 Å². The summed E-state index contributed by atoms with van der Waals surface area (Å²) >= 11 is 1.36. The third kappa shape index (κ3) is 4.86. The summed E-state index contributed by atoms with van der Waals surface area (Å²) in [6, 6.07) is 9.45. The van der Waals surface area contributed by atoms with Crippen LogP contribution in [0.5, 0.6) is 0 Å². The fourth-order valence-electron chi connectivity index (χ4n) is 1.38. The van der Waals surface area contributed by atoms with E-state index in [0.717, 1.165) is 11.3 Å². The van der Waals surface area contributed by atoms with Crippen molar-refractivity contribution in [3.63, 3.8) is 0 Å². The summed E-state index contributed by atoms with van der Waals surface area (Å²) in [5.41, 5.74) is 7.27. The second-order valence-corrected chi connectivity index (χ2v) is 4.50. The Bertz CT molecular complexity index is 517. The molecule has 2 rings (SSSR count). The molecule has 0 spiro atoms. The molecule has 0 unspecified atom stereocenters. The Morgan fingerprint density at radius 2 is 2.05 bits per heavy atom. The zero-order valence-corrected chi connectivity index (χ0v) is 11.8. The van der Waals surface area contributed by atoms with Gasteiger partial charge in [0.25, 0.3) is 0 Å². The van der Waals surface area contributed by atoms with Gasteiger partial charge in [0.1, 0.15) is 0 Å². The van der Waals surface area contributed by atoms with Gasteiger partial charge in [0.15, 0.2) is 5.13 Å². The lowest BCUT2D eigenvalue weighted by molar-refractivity contribution is 0.251. The number of benzene rings is 1. The predicted octanol–water partition coefficient (Wildman–Crippen LogP) is 2.35. The van der Waals surface area contributed by atoms with E-state index in [4.69, 9.17) is 5.73 Å². The third-order valence-corrected chi connectivity index (χ3v) is 3.08. The number of hydrogen-bond acceptors (Lipinski definition) is 4. The minimum Gasteiger partial charge on any atom is -0.334 e. The Morgan fingerprint density at radius 1 is 1.32 bits per heavy atom. The van der Waals surface area contributed by atoms with Crippen LogP contribution in [0.25, 0.3) is 0 Å². The van der Waals surface area contributed by atoms with Gasteiger partial charge in [-0.3, -0.25) is 5.32 Å². The number of aromatic nitrogens is 1. The van der Waals surface area contributed by atoms with Crippen LogP contribution in [0.3, 0.4) is 0 Å². The fourth-order valence-corrected chi connectivity index (χ4v) is 2.10. The van der Waals surface area contributed by atoms with E-state index in [0.29, 0.717) is 18.2 Å². The van der Waals surface area contributed by atoms with Crippen molar-refractivity contribution in [2.75, 3.05) is 5.32 Å². The number of halogens is 1. The molecule has 0 atom stereocenters. The molecule has 5 nitrogen and oxygen atoms in total. The highest BCUT2D eigenvalue weighted by Crippen LogP contribution is 2.14. The van der Waals surface area contributed by atoms with Gasteiger partial charge in [0, 0.05) is 18.5 Å². The Balaban J connectivity index is 0.00000180. The summed E-state index contributed by atoms with van der Waals surface area (Å²) in [5, 5.41) is 7.81. The quantitative estimate of drug-likeness (QED) is 0.810. The van der Waals surface area contributed by atoms with Gasteiger partial charge in [-0.1, -0.05) is 30.3 Å². The van der Waals surface area contributed by atoms with Crippen LogP contribution in [-0.4, -0.2) is 11.0 Å². The summed E-state index contributed by atoms with van der Waals surface area (Å²) in [7, 11) is 0. The summed E-state index contributed by atoms with van der Waals surface area (Å²) < 4.78 is 0. The molecular formula is C12H15ClN4OS. The van der Waals surface area contributed by atoms with Gasteiger partial charge >= 0.3 is 6.03 Å². The van der Waals surface area contributed by atoms with E-state index in [9.17, 15) is 4.79 Å². The van der Waals surface area contributed by atoms with Crippen molar-refractivity contribution >= 4 is 34.9 Å². The number of urea groups is 1. The maximum absolute atomic E-state index is 11.6. The van der Waals surface area contributed by atoms with Gasteiger partial charge in [-0.25, -0.2) is 9.78 Å². The molecule has 0 aliphatic rings. The van der Waals surface area contributed by atoms with Crippen LogP contribution < -0.4 is 16.4 Å². The molecule has 0 saturated heterocycles. The number of rotatable bonds is 4. The molecule has 1 aromatic carbocycles. The van der Waals surface area contributed by atoms with E-state index in [2.05, 4.69) is 15.6 Å². The Labute approximate surface area is 121 Å². The van der Waals surface area contributed by atoms with E-state index in [-0.39, 0.29) is 18.4 Å². The average molecular weight is 299 g/mol. The van der Waals surface area contributed by atoms with Crippen LogP contribution >= 0.6 is 23.7 Å². The molecule has 0 fully saturated rings. The number of anilines is 1. The molecule has 0 saturated carbocycles. The minimum absolute atomic E-state index is 0. The van der Waals surface area contributed by atoms with Crippen molar-refractivity contribution in [1.29, 1.82) is 0 Å². The lowest BCUT2D eigenvalue weighted by atomic mass is 10.2. The van der Waals surface area contributed by atoms with E-state index >= 15 is 0 Å². The van der Waals surface area contributed by atoms with Crippen LogP contribution in [0.4, 0.5) is 9.93 Å². The maximum atomic E-state index is 11.6. The van der Waals surface area contributed by atoms with Crippen LogP contribution in [0.1, 0.15) is 11.3 Å². The van der Waals surface area contributed by atoms with Crippen LogP contribution in [-0.2, 0) is 13.1 Å². The van der Waals surface area contributed by atoms with E-state index in [1.807, 2.05) is 35.7 Å². The Kier molecular flexibility index (Phi) is 6.27. The monoisotopic (exact) mass is 298 g/mol. The van der Waals surface area contributed by atoms with Crippen molar-refractivity contribution in [2.24, 2.45) is 5.73 Å². The van der Waals surface area contributed by atoms with Crippen molar-refractivity contribution in [3.8, 4) is 0 Å². The van der Waals surface area contributed by atoms with E-state index in [1.54, 1.807) is 0 Å². The first kappa shape index (κ1) is 15.4. The van der Waals surface area contributed by atoms with Crippen LogP contribution in [0.2, 0.25) is 0 Å². The molecular weight excluding hydrogens is 284 g/mol. The number of amides is 2. The molecule has 0 aliphatic carbocycles. The van der Waals surface area contributed by atoms with Gasteiger partial charge < -0.3 is 11.1 Å². The number of thiazole rings is 1. The minimum atomic E-state index is -0.267. The summed E-state index contributed by atoms with van der Waals surface area (Å²) in [6.07, 6.45) is 0. The van der Waals surface area contributed by atoms with Gasteiger partial charge in [0.05, 0.1) is 5.69 Å². The number of nitrogens with zero attached hydrogens (tertiary/aromatic N) is 1. The highest BCUT2D eigenvalue weighted by molar-refractivity contribution is 7.13. The molecule has 2 aromatic rings. The SMILES string of the molecule is Cl.NCc1csc(NC(=O)NCc2ccccc2)n1. The molecule has 2 amide bonds. The highest BCUT2D eigenvalue weighted by Gasteiger charge is 2.05. The number of nitrogens with one attached hydrogen (secondary N) is 2. The van der Waals surface area contributed by atoms with Gasteiger partial charge in [0.2, 0.25) is 0 Å². The molecule has 7 heteroatoms. The maximum Gasteiger partial charge on any atom is 0.321 e. The molecule has 1 aromatic heterocycles. The molecule has 4 N–H and O–H groups in total. The average Bonchev–Trinajstić information content (AvgIpc) is 2.85. The molecule has 0 radical (unpaired) electrons. The first-order valence-corrected chi connectivity index (χ1v) is 6.39. The Hall–Kier alpha value is -1.63. The first-order chi connectivity index (χ1) is 8.78. The lowest BCUT2D eigenvalue weighted by Gasteiger charge is -2.05. The fraction of sp³-hybridized carbons (Fsp3) is 0.167. The van der Waals surface area contributed by atoms with Crippen molar-refractivity contribution in [2.45, 2.75) is 13.1 Å². The molecule has 19 heavy (non-hydrogen) atoms. The highest BCUT2D eigenvalue weighted by atomic mass is 35.5. The summed E-state index contributed by atoms with van der Waals surface area (Å²) in [4.78, 5) is 15.7. The van der Waals surface area contributed by atoms with Crippen molar-refractivity contribution in [1.82, 2.24) is 10.3 Å². The molecule has 0 bridgehead atoms. The van der Waals surface area contributed by atoms with E-state index in [1.165, 1.54) is 11.3 Å². The zero-order chi connectivity index (χ0) is 12.8. The number of hydrogen-bond donors (Lipinski definition) is 3. The number of nitrogens with two attached hydrogens (primary N) is 1. The first-order valence-electron chi connectivity index (χ1n) is 5.51. The third-order valence-electron chi connectivity index (χ3n) is 2.28. The normalized spacial score (nSPS) is 9.53. The predicted molar refractivity (Wildman–Crippen MR) is 79.6 cm³/mol. The lowest BCUT2D eigenvalue weighted by Crippen LogP contribution is -2.28. The standard InChI is InChI=1S/C12H14N4OS.ClH/c13-6-10-8-18-12(15-10)16-11(17)14-7-9-4-2-1-3-5-9;/h1-5,8H,6-7,13H2,(H2,14,15,16,17);1H. The Morgan fingerprint density at radius 3 is 2.68 bits per heavy atom. The van der Waals surface area contributed by atoms with Crippen molar-refractivity contribution < 1.29 is 4.79 Å². The molecule has 1 heterocycles. The molecule has 0 aliphatic heterocycles. The topological polar surface area (TPSA) is 80.0 Å². The number of carbonyl (C=O) groups excluding carboxylic acids is 1. The summed E-state index contributed by atoms with van der Waals surface area (Å²) in [5.74, 6) is 0. The summed E-state index contributed by atoms with van der Waals surface area (Å²) in [6.45, 7) is 0.867. The largest absolute Gasteiger partial charge is 0.334 e. The number of carbonyl (C=O) groups is 1. The zero-order valence-electron chi connectivity index (χ0n) is 10.1. The van der Waals surface area contributed by atoms with Crippen molar-refractivity contribution in [3.05, 3.63) is 47.0 Å².